The molecule has 1 aromatic heterocycles. The molecule has 0 saturated heterocycles. The van der Waals surface area contributed by atoms with E-state index in [0.29, 0.717) is 17.7 Å². The average molecular weight is 286 g/mol. The number of hydrogen-bond donors (Lipinski definition) is 1. The monoisotopic (exact) mass is 286 g/mol. The van der Waals surface area contributed by atoms with E-state index in [2.05, 4.69) is 9.84 Å². The molecule has 1 N–H and O–H groups in total. The number of hydrogen-bond acceptors (Lipinski definition) is 3. The second-order valence-electron chi connectivity index (χ2n) is 4.15. The minimum Gasteiger partial charge on any atom is -0.406 e. The molecule has 0 aliphatic rings. The third-order valence-electron chi connectivity index (χ3n) is 2.70. The zero-order valence-corrected chi connectivity index (χ0v) is 10.6. The van der Waals surface area contributed by atoms with Crippen LogP contribution in [0.15, 0.2) is 36.7 Å². The summed E-state index contributed by atoms with van der Waals surface area (Å²) in [6, 6.07) is 5.25. The first kappa shape index (κ1) is 14.4. The van der Waals surface area contributed by atoms with Gasteiger partial charge in [-0.2, -0.15) is 5.10 Å². The molecule has 7 heteroatoms. The molecule has 4 nitrogen and oxygen atoms in total. The van der Waals surface area contributed by atoms with Crippen molar-refractivity contribution in [2.75, 3.05) is 0 Å². The first-order valence-electron chi connectivity index (χ1n) is 5.95. The summed E-state index contributed by atoms with van der Waals surface area (Å²) in [5.74, 6) is -0.364. The second-order valence-corrected chi connectivity index (χ2v) is 4.15. The Balaban J connectivity index is 2.21. The quantitative estimate of drug-likeness (QED) is 0.940. The van der Waals surface area contributed by atoms with Gasteiger partial charge in [0.05, 0.1) is 6.20 Å². The summed E-state index contributed by atoms with van der Waals surface area (Å²) in [7, 11) is 0. The highest BCUT2D eigenvalue weighted by atomic mass is 19.4. The van der Waals surface area contributed by atoms with E-state index in [0.717, 1.165) is 6.07 Å². The fourth-order valence-electron chi connectivity index (χ4n) is 1.77. The average Bonchev–Trinajstić information content (AvgIpc) is 2.85. The Bertz CT molecular complexity index is 581. The predicted molar refractivity (Wildman–Crippen MR) is 65.1 cm³/mol. The molecule has 0 amide bonds. The summed E-state index contributed by atoms with van der Waals surface area (Å²) in [6.07, 6.45) is -2.68. The van der Waals surface area contributed by atoms with Crippen molar-refractivity contribution in [1.29, 1.82) is 0 Å². The third kappa shape index (κ3) is 3.51. The fraction of sp³-hybridized carbons (Fsp3) is 0.308. The highest BCUT2D eigenvalue weighted by Crippen LogP contribution is 2.28. The van der Waals surface area contributed by atoms with Crippen LogP contribution in [-0.4, -0.2) is 21.2 Å². The summed E-state index contributed by atoms with van der Waals surface area (Å²) in [5, 5.41) is 14.1. The van der Waals surface area contributed by atoms with E-state index in [1.807, 2.05) is 6.92 Å². The number of nitrogens with zero attached hydrogens (tertiary/aromatic N) is 2. The molecule has 0 aliphatic heterocycles. The standard InChI is InChI=1S/C13H13F3N2O2/c1-2-18-8-10(7-17-18)12(19)9-4-3-5-11(6-9)20-13(14,15)16/h3-8,12,19H,2H2,1H3. The third-order valence-corrected chi connectivity index (χ3v) is 2.70. The first-order chi connectivity index (χ1) is 9.39. The van der Waals surface area contributed by atoms with Crippen LogP contribution in [-0.2, 0) is 6.54 Å². The molecule has 20 heavy (non-hydrogen) atoms. The van der Waals surface area contributed by atoms with Gasteiger partial charge in [-0.25, -0.2) is 0 Å². The van der Waals surface area contributed by atoms with Crippen LogP contribution in [0, 0.1) is 0 Å². The van der Waals surface area contributed by atoms with Gasteiger partial charge in [0.2, 0.25) is 0 Å². The minimum atomic E-state index is -4.75. The van der Waals surface area contributed by atoms with Gasteiger partial charge in [0, 0.05) is 18.3 Å². The van der Waals surface area contributed by atoms with Crippen molar-refractivity contribution in [2.24, 2.45) is 0 Å². The second kappa shape index (κ2) is 5.54. The molecule has 0 saturated carbocycles. The molecule has 1 unspecified atom stereocenters. The van der Waals surface area contributed by atoms with Crippen LogP contribution in [0.3, 0.4) is 0 Å². The Labute approximate surface area is 113 Å². The lowest BCUT2D eigenvalue weighted by molar-refractivity contribution is -0.274. The normalized spacial score (nSPS) is 13.2. The summed E-state index contributed by atoms with van der Waals surface area (Å²) in [5.41, 5.74) is 0.818. The predicted octanol–water partition coefficient (Wildman–Crippen LogP) is 2.88. The lowest BCUT2D eigenvalue weighted by Crippen LogP contribution is -2.17. The number of rotatable bonds is 4. The number of ether oxygens (including phenoxy) is 1. The van der Waals surface area contributed by atoms with Crippen LogP contribution >= 0.6 is 0 Å². The summed E-state index contributed by atoms with van der Waals surface area (Å²) < 4.78 is 41.9. The van der Waals surface area contributed by atoms with Crippen LogP contribution in [0.1, 0.15) is 24.2 Å². The number of alkyl halides is 3. The number of benzene rings is 1. The molecular weight excluding hydrogens is 273 g/mol. The highest BCUT2D eigenvalue weighted by molar-refractivity contribution is 5.34. The maximum absolute atomic E-state index is 12.1. The van der Waals surface area contributed by atoms with Gasteiger partial charge in [-0.15, -0.1) is 13.2 Å². The molecule has 1 atom stereocenters. The number of halogens is 3. The van der Waals surface area contributed by atoms with E-state index in [1.54, 1.807) is 10.9 Å². The number of aromatic nitrogens is 2. The van der Waals surface area contributed by atoms with Crippen molar-refractivity contribution < 1.29 is 23.0 Å². The summed E-state index contributed by atoms with van der Waals surface area (Å²) >= 11 is 0. The number of aryl methyl sites for hydroxylation is 1. The maximum Gasteiger partial charge on any atom is 0.573 e. The molecule has 0 spiro atoms. The zero-order chi connectivity index (χ0) is 14.8. The highest BCUT2D eigenvalue weighted by Gasteiger charge is 2.31. The summed E-state index contributed by atoms with van der Waals surface area (Å²) in [6.45, 7) is 2.53. The SMILES string of the molecule is CCn1cc(C(O)c2cccc(OC(F)(F)F)c2)cn1. The molecule has 1 heterocycles. The molecule has 108 valence electrons. The van der Waals surface area contributed by atoms with E-state index in [9.17, 15) is 18.3 Å². The molecule has 0 radical (unpaired) electrons. The topological polar surface area (TPSA) is 47.3 Å². The largest absolute Gasteiger partial charge is 0.573 e. The smallest absolute Gasteiger partial charge is 0.406 e. The van der Waals surface area contributed by atoms with Gasteiger partial charge in [0.15, 0.2) is 0 Å². The molecule has 0 fully saturated rings. The van der Waals surface area contributed by atoms with E-state index < -0.39 is 12.5 Å². The minimum absolute atomic E-state index is 0.308. The van der Waals surface area contributed by atoms with Crippen LogP contribution in [0.5, 0.6) is 5.75 Å². The van der Waals surface area contributed by atoms with Crippen LogP contribution < -0.4 is 4.74 Å². The summed E-state index contributed by atoms with van der Waals surface area (Å²) in [4.78, 5) is 0. The lowest BCUT2D eigenvalue weighted by Gasteiger charge is -2.12. The van der Waals surface area contributed by atoms with Gasteiger partial charge < -0.3 is 9.84 Å². The van der Waals surface area contributed by atoms with Gasteiger partial charge in [0.25, 0.3) is 0 Å². The Morgan fingerprint density at radius 2 is 2.10 bits per heavy atom. The van der Waals surface area contributed by atoms with E-state index >= 15 is 0 Å². The molecule has 0 aliphatic carbocycles. The van der Waals surface area contributed by atoms with Crippen LogP contribution in [0.2, 0.25) is 0 Å². The van der Waals surface area contributed by atoms with Gasteiger partial charge >= 0.3 is 6.36 Å². The van der Waals surface area contributed by atoms with Crippen LogP contribution in [0.4, 0.5) is 13.2 Å². The van der Waals surface area contributed by atoms with Crippen LogP contribution in [0.25, 0.3) is 0 Å². The molecule has 1 aromatic carbocycles. The van der Waals surface area contributed by atoms with Gasteiger partial charge in [-0.1, -0.05) is 12.1 Å². The van der Waals surface area contributed by atoms with Crippen molar-refractivity contribution >= 4 is 0 Å². The lowest BCUT2D eigenvalue weighted by atomic mass is 10.0. The Morgan fingerprint density at radius 1 is 1.35 bits per heavy atom. The number of aliphatic hydroxyl groups is 1. The van der Waals surface area contributed by atoms with Gasteiger partial charge in [-0.05, 0) is 24.6 Å². The zero-order valence-electron chi connectivity index (χ0n) is 10.6. The van der Waals surface area contributed by atoms with E-state index in [-0.39, 0.29) is 5.75 Å². The molecule has 2 aromatic rings. The number of aliphatic hydroxyl groups excluding tert-OH is 1. The Kier molecular flexibility index (Phi) is 3.99. The van der Waals surface area contributed by atoms with E-state index in [4.69, 9.17) is 0 Å². The fourth-order valence-corrected chi connectivity index (χ4v) is 1.77. The van der Waals surface area contributed by atoms with Crippen molar-refractivity contribution in [2.45, 2.75) is 25.9 Å². The van der Waals surface area contributed by atoms with Crippen molar-refractivity contribution in [3.63, 3.8) is 0 Å². The van der Waals surface area contributed by atoms with Crippen molar-refractivity contribution in [1.82, 2.24) is 9.78 Å². The van der Waals surface area contributed by atoms with Gasteiger partial charge in [-0.3, -0.25) is 4.68 Å². The molecule has 0 bridgehead atoms. The molecule has 2 rings (SSSR count). The van der Waals surface area contributed by atoms with E-state index in [1.165, 1.54) is 24.4 Å². The Hall–Kier alpha value is -2.02. The first-order valence-corrected chi connectivity index (χ1v) is 5.95. The molecular formula is C13H13F3N2O2. The van der Waals surface area contributed by atoms with Crippen molar-refractivity contribution in [3.05, 3.63) is 47.8 Å². The van der Waals surface area contributed by atoms with Gasteiger partial charge in [0.1, 0.15) is 11.9 Å². The Morgan fingerprint density at radius 3 is 2.70 bits per heavy atom. The maximum atomic E-state index is 12.1. The van der Waals surface area contributed by atoms with Crippen molar-refractivity contribution in [3.8, 4) is 5.75 Å².